The Morgan fingerprint density at radius 2 is 1.52 bits per heavy atom. The van der Waals surface area contributed by atoms with E-state index in [9.17, 15) is 5.26 Å². The Hall–Kier alpha value is -4.04. The molecule has 0 amide bonds. The van der Waals surface area contributed by atoms with E-state index in [2.05, 4.69) is 28.5 Å². The lowest BCUT2D eigenvalue weighted by Crippen LogP contribution is -1.99. The molecule has 0 radical (unpaired) electrons. The number of hydrogen-bond donors (Lipinski definition) is 1. The molecule has 0 saturated carbocycles. The van der Waals surface area contributed by atoms with Crippen LogP contribution in [0.5, 0.6) is 5.75 Å². The average molecular weight is 381 g/mol. The summed E-state index contributed by atoms with van der Waals surface area (Å²) in [5, 5.41) is 12.4. The van der Waals surface area contributed by atoms with Crippen LogP contribution in [0.2, 0.25) is 0 Å². The fraction of sp³-hybridized carbons (Fsp3) is 0.0833. The molecule has 0 saturated heterocycles. The maximum absolute atomic E-state index is 9.30. The number of aromatic nitrogens is 1. The largest absolute Gasteiger partial charge is 0.484 e. The van der Waals surface area contributed by atoms with Gasteiger partial charge in [0.2, 0.25) is 17.5 Å². The number of ether oxygens (including phenoxy) is 1. The second kappa shape index (κ2) is 8.77. The average Bonchev–Trinajstić information content (AvgIpc) is 3.20. The molecular formula is C24H19N3O2. The van der Waals surface area contributed by atoms with Gasteiger partial charge in [-0.05, 0) is 28.8 Å². The van der Waals surface area contributed by atoms with Crippen molar-refractivity contribution in [3.05, 3.63) is 102 Å². The Kier molecular flexibility index (Phi) is 5.54. The molecule has 0 unspecified atom stereocenters. The van der Waals surface area contributed by atoms with Crippen LogP contribution in [0.3, 0.4) is 0 Å². The molecule has 0 aliphatic heterocycles. The smallest absolute Gasteiger partial charge is 0.236 e. The quantitative estimate of drug-likeness (QED) is 0.464. The van der Waals surface area contributed by atoms with E-state index < -0.39 is 0 Å². The molecule has 3 aromatic carbocycles. The zero-order valence-corrected chi connectivity index (χ0v) is 15.7. The molecule has 0 spiro atoms. The molecule has 5 nitrogen and oxygen atoms in total. The molecule has 29 heavy (non-hydrogen) atoms. The lowest BCUT2D eigenvalue weighted by molar-refractivity contribution is 0.265. The number of nitriles is 1. The summed E-state index contributed by atoms with van der Waals surface area (Å²) < 4.78 is 11.4. The van der Waals surface area contributed by atoms with Crippen molar-refractivity contribution in [3.8, 4) is 22.9 Å². The van der Waals surface area contributed by atoms with Gasteiger partial charge in [0.15, 0.2) is 6.61 Å². The van der Waals surface area contributed by atoms with Crippen LogP contribution in [0.1, 0.15) is 17.1 Å². The maximum Gasteiger partial charge on any atom is 0.236 e. The zero-order chi connectivity index (χ0) is 19.9. The number of nitrogens with zero attached hydrogens (tertiary/aromatic N) is 2. The number of anilines is 1. The number of nitrogens with one attached hydrogen (secondary N) is 1. The highest BCUT2D eigenvalue weighted by Gasteiger charge is 2.13. The first-order valence-corrected chi connectivity index (χ1v) is 9.28. The van der Waals surface area contributed by atoms with E-state index in [-0.39, 0.29) is 12.3 Å². The van der Waals surface area contributed by atoms with E-state index in [4.69, 9.17) is 9.15 Å². The summed E-state index contributed by atoms with van der Waals surface area (Å²) in [7, 11) is 0. The molecular weight excluding hydrogens is 362 g/mol. The third-order valence-corrected chi connectivity index (χ3v) is 4.40. The van der Waals surface area contributed by atoms with Gasteiger partial charge in [-0.2, -0.15) is 10.2 Å². The van der Waals surface area contributed by atoms with Crippen molar-refractivity contribution in [1.29, 1.82) is 5.26 Å². The standard InChI is InChI=1S/C24H19N3O2/c25-15-22-24(26-16-18-7-3-1-4-8-18)29-23(27-22)17-28-21-13-11-20(12-14-21)19-9-5-2-6-10-19/h1-14,26H,16-17H2. The highest BCUT2D eigenvalue weighted by atomic mass is 16.5. The van der Waals surface area contributed by atoms with E-state index in [0.29, 0.717) is 24.1 Å². The number of rotatable bonds is 7. The summed E-state index contributed by atoms with van der Waals surface area (Å²) in [6.07, 6.45) is 0. The van der Waals surface area contributed by atoms with Gasteiger partial charge in [-0.25, -0.2) is 0 Å². The van der Waals surface area contributed by atoms with Gasteiger partial charge in [0, 0.05) is 6.54 Å². The molecule has 0 bridgehead atoms. The SMILES string of the molecule is N#Cc1nc(COc2ccc(-c3ccccc3)cc2)oc1NCc1ccccc1. The van der Waals surface area contributed by atoms with Gasteiger partial charge < -0.3 is 14.5 Å². The summed E-state index contributed by atoms with van der Waals surface area (Å²) >= 11 is 0. The monoisotopic (exact) mass is 381 g/mol. The Morgan fingerprint density at radius 3 is 2.21 bits per heavy atom. The molecule has 0 aliphatic rings. The third-order valence-electron chi connectivity index (χ3n) is 4.40. The molecule has 4 rings (SSSR count). The maximum atomic E-state index is 9.30. The predicted octanol–water partition coefficient (Wildman–Crippen LogP) is 5.40. The Labute approximate surface area is 169 Å². The molecule has 1 aromatic heterocycles. The molecule has 0 atom stereocenters. The van der Waals surface area contributed by atoms with Gasteiger partial charge in [-0.1, -0.05) is 72.8 Å². The van der Waals surface area contributed by atoms with Crippen molar-refractivity contribution in [3.63, 3.8) is 0 Å². The van der Waals surface area contributed by atoms with Crippen molar-refractivity contribution in [1.82, 2.24) is 4.98 Å². The zero-order valence-electron chi connectivity index (χ0n) is 15.7. The lowest BCUT2D eigenvalue weighted by Gasteiger charge is -2.06. The van der Waals surface area contributed by atoms with Gasteiger partial charge >= 0.3 is 0 Å². The topological polar surface area (TPSA) is 71.1 Å². The van der Waals surface area contributed by atoms with Crippen LogP contribution < -0.4 is 10.1 Å². The third kappa shape index (κ3) is 4.63. The van der Waals surface area contributed by atoms with E-state index >= 15 is 0 Å². The first kappa shape index (κ1) is 18.3. The molecule has 4 aromatic rings. The fourth-order valence-electron chi connectivity index (χ4n) is 2.92. The number of oxazole rings is 1. The minimum absolute atomic E-state index is 0.145. The highest BCUT2D eigenvalue weighted by molar-refractivity contribution is 5.63. The first-order chi connectivity index (χ1) is 14.3. The second-order valence-electron chi connectivity index (χ2n) is 6.42. The normalized spacial score (nSPS) is 10.3. The van der Waals surface area contributed by atoms with Crippen LogP contribution in [-0.2, 0) is 13.2 Å². The summed E-state index contributed by atoms with van der Waals surface area (Å²) in [4.78, 5) is 4.21. The van der Waals surface area contributed by atoms with Crippen molar-refractivity contribution in [2.75, 3.05) is 5.32 Å². The van der Waals surface area contributed by atoms with Crippen LogP contribution in [0.25, 0.3) is 11.1 Å². The Morgan fingerprint density at radius 1 is 0.862 bits per heavy atom. The number of hydrogen-bond acceptors (Lipinski definition) is 5. The van der Waals surface area contributed by atoms with Gasteiger partial charge in [0.25, 0.3) is 0 Å². The van der Waals surface area contributed by atoms with Crippen LogP contribution in [0, 0.1) is 11.3 Å². The molecule has 0 fully saturated rings. The molecule has 1 heterocycles. The fourth-order valence-corrected chi connectivity index (χ4v) is 2.92. The van der Waals surface area contributed by atoms with Crippen molar-refractivity contribution in [2.24, 2.45) is 0 Å². The molecule has 1 N–H and O–H groups in total. The molecule has 0 aliphatic carbocycles. The van der Waals surface area contributed by atoms with E-state index in [1.54, 1.807) is 0 Å². The van der Waals surface area contributed by atoms with Crippen molar-refractivity contribution >= 4 is 5.88 Å². The minimum Gasteiger partial charge on any atom is -0.484 e. The summed E-state index contributed by atoms with van der Waals surface area (Å²) in [6, 6.07) is 29.9. The van der Waals surface area contributed by atoms with Crippen LogP contribution >= 0.6 is 0 Å². The van der Waals surface area contributed by atoms with Gasteiger partial charge in [-0.3, -0.25) is 0 Å². The summed E-state index contributed by atoms with van der Waals surface area (Å²) in [5.41, 5.74) is 3.58. The van der Waals surface area contributed by atoms with Crippen molar-refractivity contribution < 1.29 is 9.15 Å². The van der Waals surface area contributed by atoms with E-state index in [0.717, 1.165) is 16.7 Å². The highest BCUT2D eigenvalue weighted by Crippen LogP contribution is 2.23. The summed E-state index contributed by atoms with van der Waals surface area (Å²) in [6.45, 7) is 0.693. The number of benzene rings is 3. The van der Waals surface area contributed by atoms with E-state index in [1.165, 1.54) is 0 Å². The Balaban J connectivity index is 1.38. The van der Waals surface area contributed by atoms with Crippen LogP contribution in [0.15, 0.2) is 89.3 Å². The van der Waals surface area contributed by atoms with E-state index in [1.807, 2.05) is 72.8 Å². The van der Waals surface area contributed by atoms with Crippen LogP contribution in [0.4, 0.5) is 5.88 Å². The van der Waals surface area contributed by atoms with Gasteiger partial charge in [0.1, 0.15) is 11.8 Å². The first-order valence-electron chi connectivity index (χ1n) is 9.28. The lowest BCUT2D eigenvalue weighted by atomic mass is 10.1. The van der Waals surface area contributed by atoms with Crippen LogP contribution in [-0.4, -0.2) is 4.98 Å². The molecule has 5 heteroatoms. The minimum atomic E-state index is 0.145. The molecule has 142 valence electrons. The van der Waals surface area contributed by atoms with Gasteiger partial charge in [-0.15, -0.1) is 0 Å². The Bertz CT molecular complexity index is 1100. The predicted molar refractivity (Wildman–Crippen MR) is 111 cm³/mol. The van der Waals surface area contributed by atoms with Gasteiger partial charge in [0.05, 0.1) is 0 Å². The second-order valence-corrected chi connectivity index (χ2v) is 6.42. The summed E-state index contributed by atoms with van der Waals surface area (Å²) in [5.74, 6) is 1.42. The van der Waals surface area contributed by atoms with Crippen molar-refractivity contribution in [2.45, 2.75) is 13.2 Å².